The van der Waals surface area contributed by atoms with Gasteiger partial charge < -0.3 is 0 Å². The molecule has 0 N–H and O–H groups in total. The van der Waals surface area contributed by atoms with Gasteiger partial charge in [-0.15, -0.1) is 0 Å². The summed E-state index contributed by atoms with van der Waals surface area (Å²) in [7, 11) is 0. The molecule has 0 bridgehead atoms. The summed E-state index contributed by atoms with van der Waals surface area (Å²) in [4.78, 5) is 0. The SMILES string of the molecule is CCc1cc(C(C)(C)C)c(-c2cccc3c2-c2ccccc2-3)c(C(C)(C)C)c1. The van der Waals surface area contributed by atoms with Gasteiger partial charge in [0.25, 0.3) is 0 Å². The van der Waals surface area contributed by atoms with E-state index in [4.69, 9.17) is 0 Å². The van der Waals surface area contributed by atoms with E-state index in [1.165, 1.54) is 50.1 Å². The normalized spacial score (nSPS) is 13.0. The first-order valence-corrected chi connectivity index (χ1v) is 10.5. The minimum Gasteiger partial charge on any atom is -0.0616 e. The fraction of sp³-hybridized carbons (Fsp3) is 0.357. The first-order chi connectivity index (χ1) is 13.1. The lowest BCUT2D eigenvalue weighted by molar-refractivity contribution is 0.570. The van der Waals surface area contributed by atoms with Gasteiger partial charge in [-0.3, -0.25) is 0 Å². The summed E-state index contributed by atoms with van der Waals surface area (Å²) in [6.07, 6.45) is 1.07. The number of aryl methyl sites for hydroxylation is 1. The average Bonchev–Trinajstić information content (AvgIpc) is 2.63. The van der Waals surface area contributed by atoms with Crippen molar-refractivity contribution in [3.05, 3.63) is 71.3 Å². The van der Waals surface area contributed by atoms with Crippen molar-refractivity contribution in [2.75, 3.05) is 0 Å². The van der Waals surface area contributed by atoms with Crippen molar-refractivity contribution in [2.24, 2.45) is 0 Å². The topological polar surface area (TPSA) is 0 Å². The first-order valence-electron chi connectivity index (χ1n) is 10.5. The third-order valence-corrected chi connectivity index (χ3v) is 6.04. The van der Waals surface area contributed by atoms with Crippen LogP contribution in [0.5, 0.6) is 0 Å². The summed E-state index contributed by atoms with van der Waals surface area (Å²) in [5.74, 6) is 0. The van der Waals surface area contributed by atoms with E-state index in [0.29, 0.717) is 0 Å². The van der Waals surface area contributed by atoms with Gasteiger partial charge in [-0.1, -0.05) is 103 Å². The Morgan fingerprint density at radius 1 is 0.571 bits per heavy atom. The van der Waals surface area contributed by atoms with Crippen molar-refractivity contribution in [1.29, 1.82) is 0 Å². The number of benzene rings is 3. The smallest absolute Gasteiger partial charge is 0.00202 e. The zero-order chi connectivity index (χ0) is 20.3. The maximum atomic E-state index is 2.45. The highest BCUT2D eigenvalue weighted by molar-refractivity contribution is 6.09. The largest absolute Gasteiger partial charge is 0.0616 e. The molecule has 0 saturated heterocycles. The molecular formula is C28H32. The zero-order valence-corrected chi connectivity index (χ0v) is 18.4. The second-order valence-electron chi connectivity index (χ2n) is 10.2. The van der Waals surface area contributed by atoms with Gasteiger partial charge in [-0.25, -0.2) is 0 Å². The van der Waals surface area contributed by atoms with Crippen LogP contribution >= 0.6 is 0 Å². The predicted octanol–water partition coefficient (Wildman–Crippen LogP) is 8.16. The van der Waals surface area contributed by atoms with Crippen molar-refractivity contribution in [2.45, 2.75) is 65.7 Å². The van der Waals surface area contributed by atoms with Gasteiger partial charge in [0.15, 0.2) is 0 Å². The summed E-state index contributed by atoms with van der Waals surface area (Å²) >= 11 is 0. The molecule has 0 aromatic heterocycles. The molecule has 0 nitrogen and oxygen atoms in total. The highest BCUT2D eigenvalue weighted by atomic mass is 14.3. The standard InChI is InChI=1S/C28H32/c1-8-18-16-23(27(2,3)4)26(24(17-18)28(5,6)7)22-15-11-14-21-19-12-9-10-13-20(19)25(21)22/h9-17H,8H2,1-7H3. The molecule has 0 unspecified atom stereocenters. The van der Waals surface area contributed by atoms with Crippen LogP contribution in [0, 0.1) is 0 Å². The Bertz CT molecular complexity index is 1020. The molecule has 1 aliphatic rings. The van der Waals surface area contributed by atoms with Crippen LogP contribution in [0.3, 0.4) is 0 Å². The minimum atomic E-state index is 0.0898. The summed E-state index contributed by atoms with van der Waals surface area (Å²) in [6, 6.07) is 20.6. The lowest BCUT2D eigenvalue weighted by Crippen LogP contribution is -2.20. The first kappa shape index (κ1) is 19.0. The molecule has 0 amide bonds. The average molecular weight is 369 g/mol. The molecule has 1 aliphatic carbocycles. The maximum absolute atomic E-state index is 2.45. The van der Waals surface area contributed by atoms with E-state index in [9.17, 15) is 0 Å². The van der Waals surface area contributed by atoms with Crippen LogP contribution in [0.25, 0.3) is 33.4 Å². The molecule has 0 spiro atoms. The lowest BCUT2D eigenvalue weighted by Gasteiger charge is -2.34. The van der Waals surface area contributed by atoms with Crippen molar-refractivity contribution in [3.8, 4) is 33.4 Å². The summed E-state index contributed by atoms with van der Waals surface area (Å²) < 4.78 is 0. The highest BCUT2D eigenvalue weighted by Gasteiger charge is 2.31. The monoisotopic (exact) mass is 368 g/mol. The maximum Gasteiger partial charge on any atom is -0.00202 e. The van der Waals surface area contributed by atoms with E-state index in [1.54, 1.807) is 0 Å². The number of hydrogen-bond acceptors (Lipinski definition) is 0. The van der Waals surface area contributed by atoms with Gasteiger partial charge in [0.05, 0.1) is 0 Å². The molecule has 4 rings (SSSR count). The molecule has 0 aliphatic heterocycles. The molecule has 0 heterocycles. The molecule has 3 aromatic carbocycles. The highest BCUT2D eigenvalue weighted by Crippen LogP contribution is 2.54. The number of rotatable bonds is 2. The van der Waals surface area contributed by atoms with E-state index < -0.39 is 0 Å². The summed E-state index contributed by atoms with van der Waals surface area (Å²) in [5, 5.41) is 0. The molecule has 0 fully saturated rings. The summed E-state index contributed by atoms with van der Waals surface area (Å²) in [6.45, 7) is 16.4. The van der Waals surface area contributed by atoms with Crippen LogP contribution in [0.1, 0.15) is 65.2 Å². The van der Waals surface area contributed by atoms with Crippen molar-refractivity contribution < 1.29 is 0 Å². The van der Waals surface area contributed by atoms with E-state index in [2.05, 4.69) is 103 Å². The van der Waals surface area contributed by atoms with Gasteiger partial charge in [-0.2, -0.15) is 0 Å². The molecule has 0 saturated carbocycles. The second-order valence-corrected chi connectivity index (χ2v) is 10.2. The Balaban J connectivity index is 2.09. The Morgan fingerprint density at radius 2 is 1.07 bits per heavy atom. The van der Waals surface area contributed by atoms with Gasteiger partial charge >= 0.3 is 0 Å². The van der Waals surface area contributed by atoms with Crippen LogP contribution in [0.15, 0.2) is 54.6 Å². The Morgan fingerprint density at radius 3 is 1.61 bits per heavy atom. The third kappa shape index (κ3) is 2.91. The second kappa shape index (κ2) is 6.34. The van der Waals surface area contributed by atoms with E-state index in [0.717, 1.165) is 6.42 Å². The quantitative estimate of drug-likeness (QED) is 0.335. The molecule has 144 valence electrons. The molecule has 0 radical (unpaired) electrons. The summed E-state index contributed by atoms with van der Waals surface area (Å²) in [5.41, 5.74) is 13.0. The Hall–Kier alpha value is -2.34. The molecular weight excluding hydrogens is 336 g/mol. The van der Waals surface area contributed by atoms with Gasteiger partial charge in [0.2, 0.25) is 0 Å². The third-order valence-electron chi connectivity index (χ3n) is 6.04. The zero-order valence-electron chi connectivity index (χ0n) is 18.4. The fourth-order valence-corrected chi connectivity index (χ4v) is 4.53. The van der Waals surface area contributed by atoms with E-state index >= 15 is 0 Å². The Labute approximate surface area is 170 Å². The van der Waals surface area contributed by atoms with Crippen LogP contribution in [-0.2, 0) is 17.3 Å². The van der Waals surface area contributed by atoms with Crippen molar-refractivity contribution in [3.63, 3.8) is 0 Å². The van der Waals surface area contributed by atoms with Crippen molar-refractivity contribution in [1.82, 2.24) is 0 Å². The van der Waals surface area contributed by atoms with Crippen LogP contribution in [0.2, 0.25) is 0 Å². The molecule has 0 heteroatoms. The predicted molar refractivity (Wildman–Crippen MR) is 123 cm³/mol. The molecule has 3 aromatic rings. The minimum absolute atomic E-state index is 0.0898. The number of fused-ring (bicyclic) bond motifs is 4. The van der Waals surface area contributed by atoms with Crippen LogP contribution in [-0.4, -0.2) is 0 Å². The lowest BCUT2D eigenvalue weighted by atomic mass is 9.69. The van der Waals surface area contributed by atoms with Crippen molar-refractivity contribution >= 4 is 0 Å². The van der Waals surface area contributed by atoms with Gasteiger partial charge in [0, 0.05) is 0 Å². The molecule has 28 heavy (non-hydrogen) atoms. The van der Waals surface area contributed by atoms with Crippen LogP contribution < -0.4 is 0 Å². The molecule has 0 atom stereocenters. The van der Waals surface area contributed by atoms with E-state index in [1.807, 2.05) is 0 Å². The fourth-order valence-electron chi connectivity index (χ4n) is 4.53. The Kier molecular flexibility index (Phi) is 4.30. The number of hydrogen-bond donors (Lipinski definition) is 0. The van der Waals surface area contributed by atoms with Gasteiger partial charge in [-0.05, 0) is 67.3 Å². The van der Waals surface area contributed by atoms with Crippen LogP contribution in [0.4, 0.5) is 0 Å². The van der Waals surface area contributed by atoms with E-state index in [-0.39, 0.29) is 10.8 Å². The van der Waals surface area contributed by atoms with Gasteiger partial charge in [0.1, 0.15) is 0 Å².